The van der Waals surface area contributed by atoms with Gasteiger partial charge >= 0.3 is 17.9 Å². The molecule has 0 rings (SSSR count). The van der Waals surface area contributed by atoms with Gasteiger partial charge in [0.05, 0.1) is 0 Å². The maximum atomic E-state index is 12.8. The average molecular weight is 921 g/mol. The van der Waals surface area contributed by atoms with Crippen molar-refractivity contribution in [1.29, 1.82) is 0 Å². The Kier molecular flexibility index (Phi) is 51.9. The van der Waals surface area contributed by atoms with Crippen LogP contribution in [0.5, 0.6) is 0 Å². The molecule has 0 aliphatic rings. The zero-order valence-electron chi connectivity index (χ0n) is 43.4. The quantitative estimate of drug-likeness (QED) is 0.0262. The predicted octanol–water partition coefficient (Wildman–Crippen LogP) is 18.6. The summed E-state index contributed by atoms with van der Waals surface area (Å²) in [5.74, 6) is -0.911. The van der Waals surface area contributed by atoms with Gasteiger partial charge in [0.2, 0.25) is 0 Å². The van der Waals surface area contributed by atoms with Gasteiger partial charge in [0.25, 0.3) is 0 Å². The summed E-state index contributed by atoms with van der Waals surface area (Å²) in [6.07, 6.45) is 68.8. The summed E-state index contributed by atoms with van der Waals surface area (Å²) in [6, 6.07) is 0. The highest BCUT2D eigenvalue weighted by Crippen LogP contribution is 2.15. The van der Waals surface area contributed by atoms with Crippen LogP contribution in [0.15, 0.2) is 72.9 Å². The number of esters is 3. The van der Waals surface area contributed by atoms with Crippen LogP contribution >= 0.6 is 0 Å². The molecule has 0 fully saturated rings. The van der Waals surface area contributed by atoms with Gasteiger partial charge in [0, 0.05) is 19.3 Å². The number of ether oxygens (including phenoxy) is 3. The molecule has 0 aromatic carbocycles. The van der Waals surface area contributed by atoms with E-state index in [4.69, 9.17) is 14.2 Å². The van der Waals surface area contributed by atoms with E-state index in [0.717, 1.165) is 109 Å². The Hall–Kier alpha value is -3.15. The number of carbonyl (C=O) groups excluding carboxylic acids is 3. The third kappa shape index (κ3) is 51.8. The summed E-state index contributed by atoms with van der Waals surface area (Å²) in [4.78, 5) is 38.1. The molecule has 0 aromatic rings. The van der Waals surface area contributed by atoms with Crippen LogP contribution in [0.2, 0.25) is 0 Å². The second kappa shape index (κ2) is 54.5. The lowest BCUT2D eigenvalue weighted by molar-refractivity contribution is -0.167. The number of unbranched alkanes of at least 4 members (excludes halogenated alkanes) is 27. The van der Waals surface area contributed by atoms with Gasteiger partial charge < -0.3 is 14.2 Å². The van der Waals surface area contributed by atoms with Crippen molar-refractivity contribution in [3.8, 4) is 0 Å². The van der Waals surface area contributed by atoms with E-state index in [1.165, 1.54) is 122 Å². The van der Waals surface area contributed by atoms with Crippen molar-refractivity contribution in [2.24, 2.45) is 0 Å². The van der Waals surface area contributed by atoms with Crippen LogP contribution in [-0.4, -0.2) is 37.2 Å². The van der Waals surface area contributed by atoms with Crippen LogP contribution in [0, 0.1) is 0 Å². The van der Waals surface area contributed by atoms with E-state index in [-0.39, 0.29) is 31.1 Å². The van der Waals surface area contributed by atoms with Gasteiger partial charge in [-0.25, -0.2) is 0 Å². The Balaban J connectivity index is 4.40. The molecule has 0 N–H and O–H groups in total. The van der Waals surface area contributed by atoms with Crippen LogP contribution in [0.3, 0.4) is 0 Å². The van der Waals surface area contributed by atoms with Crippen LogP contribution in [0.1, 0.15) is 271 Å². The summed E-state index contributed by atoms with van der Waals surface area (Å²) in [6.45, 7) is 6.48. The molecule has 0 saturated heterocycles. The lowest BCUT2D eigenvalue weighted by Crippen LogP contribution is -2.30. The molecule has 0 aliphatic heterocycles. The highest BCUT2D eigenvalue weighted by molar-refractivity contribution is 5.71. The summed E-state index contributed by atoms with van der Waals surface area (Å²) in [5.41, 5.74) is 0. The van der Waals surface area contributed by atoms with E-state index < -0.39 is 6.10 Å². The van der Waals surface area contributed by atoms with Gasteiger partial charge in [-0.05, 0) is 109 Å². The Morgan fingerprint density at radius 1 is 0.318 bits per heavy atom. The van der Waals surface area contributed by atoms with Crippen molar-refractivity contribution in [3.05, 3.63) is 72.9 Å². The fourth-order valence-electron chi connectivity index (χ4n) is 7.72. The average Bonchev–Trinajstić information content (AvgIpc) is 3.31. The fourth-order valence-corrected chi connectivity index (χ4v) is 7.72. The molecule has 0 spiro atoms. The molecule has 6 heteroatoms. The second-order valence-corrected chi connectivity index (χ2v) is 18.5. The van der Waals surface area contributed by atoms with E-state index in [1.807, 2.05) is 0 Å². The van der Waals surface area contributed by atoms with E-state index in [9.17, 15) is 14.4 Å². The number of hydrogen-bond donors (Lipinski definition) is 0. The smallest absolute Gasteiger partial charge is 0.306 e. The minimum absolute atomic E-state index is 0.0870. The summed E-state index contributed by atoms with van der Waals surface area (Å²) >= 11 is 0. The van der Waals surface area contributed by atoms with E-state index in [1.54, 1.807) is 0 Å². The first-order chi connectivity index (χ1) is 32.5. The molecule has 0 heterocycles. The monoisotopic (exact) mass is 921 g/mol. The first kappa shape index (κ1) is 62.8. The predicted molar refractivity (Wildman–Crippen MR) is 284 cm³/mol. The molecule has 1 atom stereocenters. The lowest BCUT2D eigenvalue weighted by atomic mass is 10.1. The lowest BCUT2D eigenvalue weighted by Gasteiger charge is -2.18. The topological polar surface area (TPSA) is 78.9 Å². The van der Waals surface area contributed by atoms with Crippen LogP contribution in [0.4, 0.5) is 0 Å². The van der Waals surface area contributed by atoms with Crippen molar-refractivity contribution < 1.29 is 28.6 Å². The van der Waals surface area contributed by atoms with E-state index >= 15 is 0 Å². The molecule has 0 saturated carbocycles. The van der Waals surface area contributed by atoms with Crippen LogP contribution in [-0.2, 0) is 28.6 Å². The van der Waals surface area contributed by atoms with Gasteiger partial charge in [-0.15, -0.1) is 0 Å². The number of carbonyl (C=O) groups is 3. The Labute approximate surface area is 408 Å². The molecule has 0 radical (unpaired) electrons. The molecule has 0 unspecified atom stereocenters. The summed E-state index contributed by atoms with van der Waals surface area (Å²) in [7, 11) is 0. The van der Waals surface area contributed by atoms with Gasteiger partial charge in [0.1, 0.15) is 13.2 Å². The molecule has 66 heavy (non-hydrogen) atoms. The van der Waals surface area contributed by atoms with Crippen molar-refractivity contribution in [3.63, 3.8) is 0 Å². The molecule has 0 aromatic heterocycles. The van der Waals surface area contributed by atoms with Gasteiger partial charge in [-0.1, -0.05) is 216 Å². The van der Waals surface area contributed by atoms with Crippen LogP contribution in [0.25, 0.3) is 0 Å². The molecule has 6 nitrogen and oxygen atoms in total. The molecule has 0 aliphatic carbocycles. The Morgan fingerprint density at radius 3 is 0.970 bits per heavy atom. The zero-order chi connectivity index (χ0) is 47.9. The summed E-state index contributed by atoms with van der Waals surface area (Å²) in [5, 5.41) is 0. The van der Waals surface area contributed by atoms with Gasteiger partial charge in [0.15, 0.2) is 6.10 Å². The number of hydrogen-bond acceptors (Lipinski definition) is 6. The van der Waals surface area contributed by atoms with E-state index in [2.05, 4.69) is 93.7 Å². The van der Waals surface area contributed by atoms with Crippen molar-refractivity contribution in [1.82, 2.24) is 0 Å². The first-order valence-corrected chi connectivity index (χ1v) is 27.9. The molecule has 380 valence electrons. The minimum Gasteiger partial charge on any atom is -0.462 e. The Bertz CT molecular complexity index is 1240. The normalized spacial score (nSPS) is 12.6. The molecule has 0 amide bonds. The molecular weight excluding hydrogens is 817 g/mol. The highest BCUT2D eigenvalue weighted by atomic mass is 16.6. The van der Waals surface area contributed by atoms with Crippen molar-refractivity contribution in [2.75, 3.05) is 13.2 Å². The number of rotatable bonds is 50. The van der Waals surface area contributed by atoms with E-state index in [0.29, 0.717) is 19.3 Å². The summed E-state index contributed by atoms with van der Waals surface area (Å²) < 4.78 is 16.8. The minimum atomic E-state index is -0.789. The highest BCUT2D eigenvalue weighted by Gasteiger charge is 2.19. The maximum absolute atomic E-state index is 12.8. The SMILES string of the molecule is CC/C=C\C/C=C\C/C=C\CCCCCCCC(=O)O[C@H](COC(=O)CCCCCCC/C=C\CCCCCCC)COC(=O)CCCCCCCCCCC/C=C\C/C=C\CCCCC. The van der Waals surface area contributed by atoms with Crippen molar-refractivity contribution >= 4 is 17.9 Å². The van der Waals surface area contributed by atoms with Crippen LogP contribution < -0.4 is 0 Å². The first-order valence-electron chi connectivity index (χ1n) is 27.9. The largest absolute Gasteiger partial charge is 0.462 e. The maximum Gasteiger partial charge on any atom is 0.306 e. The third-order valence-electron chi connectivity index (χ3n) is 11.9. The zero-order valence-corrected chi connectivity index (χ0v) is 43.4. The second-order valence-electron chi connectivity index (χ2n) is 18.5. The molecular formula is C60H104O6. The van der Waals surface area contributed by atoms with Crippen molar-refractivity contribution in [2.45, 2.75) is 277 Å². The standard InChI is InChI=1S/C60H104O6/c1-4-7-10-13-16-19-22-25-28-29-30-31-33-35-38-41-44-47-50-53-59(62)65-56-57(55-64-58(61)52-49-46-43-40-37-34-27-24-21-18-15-12-9-6-3)66-60(63)54-51-48-45-42-39-36-32-26-23-20-17-14-11-8-5-2/h8,11,16-17,19-20,24-28,32,57H,4-7,9-10,12-15,18,21-23,29-31,33-56H2,1-3H3/b11-8-,19-16-,20-17-,27-24-,28-25-,32-26-/t57-/m1/s1. The van der Waals surface area contributed by atoms with Gasteiger partial charge in [-0.2, -0.15) is 0 Å². The number of allylic oxidation sites excluding steroid dienone is 12. The molecule has 0 bridgehead atoms. The van der Waals surface area contributed by atoms with Gasteiger partial charge in [-0.3, -0.25) is 14.4 Å². The fraction of sp³-hybridized carbons (Fsp3) is 0.750. The Morgan fingerprint density at radius 2 is 0.591 bits per heavy atom. The third-order valence-corrected chi connectivity index (χ3v) is 11.9.